The highest BCUT2D eigenvalue weighted by Crippen LogP contribution is 2.36. The fourth-order valence-corrected chi connectivity index (χ4v) is 8.92. The van der Waals surface area contributed by atoms with Gasteiger partial charge in [-0.15, -0.1) is 5.73 Å². The van der Waals surface area contributed by atoms with Crippen LogP contribution < -0.4 is 28.7 Å². The molecule has 0 saturated carbocycles. The third-order valence-corrected chi connectivity index (χ3v) is 13.8. The lowest BCUT2D eigenvalue weighted by Gasteiger charge is -2.26. The zero-order valence-electron chi connectivity index (χ0n) is 43.2. The zero-order chi connectivity index (χ0) is 51.7. The average molecular weight is 999 g/mol. The average Bonchev–Trinajstić information content (AvgIpc) is 4.36. The lowest BCUT2D eigenvalue weighted by molar-refractivity contribution is 0.104. The van der Waals surface area contributed by atoms with Crippen molar-refractivity contribution in [1.29, 1.82) is 0 Å². The summed E-state index contributed by atoms with van der Waals surface area (Å²) >= 11 is 0. The molecule has 4 atom stereocenters. The predicted octanol–water partition coefficient (Wildman–Crippen LogP) is 12.0. The molecular formula is C62H66N2O10. The van der Waals surface area contributed by atoms with Gasteiger partial charge in [-0.1, -0.05) is 100 Å². The Kier molecular flexibility index (Phi) is 16.1. The molecule has 384 valence electrons. The molecule has 4 unspecified atom stereocenters. The van der Waals surface area contributed by atoms with Crippen LogP contribution in [-0.4, -0.2) is 89.3 Å². The first-order valence-electron chi connectivity index (χ1n) is 25.5. The van der Waals surface area contributed by atoms with Gasteiger partial charge in [0, 0.05) is 22.2 Å². The van der Waals surface area contributed by atoms with E-state index in [-0.39, 0.29) is 36.3 Å². The number of ether oxygens (including phenoxy) is 8. The van der Waals surface area contributed by atoms with Crippen LogP contribution in [0.25, 0.3) is 0 Å². The van der Waals surface area contributed by atoms with Gasteiger partial charge in [0.05, 0.1) is 26.3 Å². The molecule has 4 aliphatic rings. The number of epoxide rings is 2. The number of hydrogen-bond acceptors (Lipinski definition) is 10. The van der Waals surface area contributed by atoms with Crippen LogP contribution in [0.1, 0.15) is 74.9 Å². The maximum absolute atomic E-state index is 12.9. The number of carbonyl (C=O) groups is 2. The first-order chi connectivity index (χ1) is 35.8. The molecule has 0 aromatic heterocycles. The van der Waals surface area contributed by atoms with E-state index in [0.29, 0.717) is 44.2 Å². The van der Waals surface area contributed by atoms with E-state index in [1.807, 2.05) is 123 Å². The number of nitrogens with zero attached hydrogens (tertiary/aromatic N) is 2. The van der Waals surface area contributed by atoms with Crippen molar-refractivity contribution < 1.29 is 47.5 Å². The van der Waals surface area contributed by atoms with Gasteiger partial charge in [-0.3, -0.25) is 9.80 Å². The number of anilines is 2. The number of amides is 2. The smallest absolute Gasteiger partial charge is 0.414 e. The van der Waals surface area contributed by atoms with Crippen LogP contribution in [0, 0.1) is 0 Å². The van der Waals surface area contributed by atoms with Crippen LogP contribution in [0.5, 0.6) is 23.0 Å². The lowest BCUT2D eigenvalue weighted by Crippen LogP contribution is -2.26. The number of hydrogen-bond donors (Lipinski definition) is 0. The highest BCUT2D eigenvalue weighted by molar-refractivity contribution is 5.90. The van der Waals surface area contributed by atoms with Crippen molar-refractivity contribution in [3.8, 4) is 23.0 Å². The van der Waals surface area contributed by atoms with Gasteiger partial charge in [0.2, 0.25) is 0 Å². The Balaban J connectivity index is 0.00000128. The van der Waals surface area contributed by atoms with E-state index < -0.39 is 24.4 Å². The maximum Gasteiger partial charge on any atom is 0.414 e. The summed E-state index contributed by atoms with van der Waals surface area (Å²) in [5.41, 5.74) is 10.8. The summed E-state index contributed by atoms with van der Waals surface area (Å²) in [6.45, 7) is 16.7. The Morgan fingerprint density at radius 3 is 1.00 bits per heavy atom. The molecule has 4 fully saturated rings. The number of rotatable bonds is 20. The van der Waals surface area contributed by atoms with Gasteiger partial charge >= 0.3 is 12.2 Å². The van der Waals surface area contributed by atoms with E-state index in [1.165, 1.54) is 11.1 Å². The predicted molar refractivity (Wildman–Crippen MR) is 286 cm³/mol. The maximum atomic E-state index is 12.9. The molecule has 6 aromatic carbocycles. The molecule has 0 radical (unpaired) electrons. The molecule has 2 amide bonds. The molecule has 0 aliphatic carbocycles. The van der Waals surface area contributed by atoms with E-state index in [1.54, 1.807) is 9.80 Å². The third kappa shape index (κ3) is 13.2. The minimum absolute atomic E-state index is 0.223. The second-order valence-corrected chi connectivity index (χ2v) is 20.0. The summed E-state index contributed by atoms with van der Waals surface area (Å²) < 4.78 is 45.7. The number of carbonyl (C=O) groups excluding carboxylic acids is 2. The molecular weight excluding hydrogens is 933 g/mol. The van der Waals surface area contributed by atoms with Crippen LogP contribution in [0.2, 0.25) is 0 Å². The summed E-state index contributed by atoms with van der Waals surface area (Å²) in [6.07, 6.45) is 3.28. The number of benzene rings is 6. The van der Waals surface area contributed by atoms with E-state index in [0.717, 1.165) is 58.3 Å². The molecule has 0 spiro atoms. The Hall–Kier alpha value is -7.50. The quantitative estimate of drug-likeness (QED) is 0.0540. The fourth-order valence-electron chi connectivity index (χ4n) is 8.92. The van der Waals surface area contributed by atoms with Crippen molar-refractivity contribution in [2.24, 2.45) is 0 Å². The molecule has 12 nitrogen and oxygen atoms in total. The van der Waals surface area contributed by atoms with Crippen LogP contribution in [0.4, 0.5) is 21.0 Å². The van der Waals surface area contributed by atoms with Crippen molar-refractivity contribution in [1.82, 2.24) is 0 Å². The molecule has 6 aromatic rings. The van der Waals surface area contributed by atoms with Gasteiger partial charge < -0.3 is 37.9 Å². The normalized spacial score (nSPS) is 18.8. The number of allylic oxidation sites excluding steroid dienone is 1. The van der Waals surface area contributed by atoms with E-state index in [4.69, 9.17) is 37.9 Å². The summed E-state index contributed by atoms with van der Waals surface area (Å²) in [5.74, 6) is 3.11. The van der Waals surface area contributed by atoms with Crippen LogP contribution in [0.3, 0.4) is 0 Å². The summed E-state index contributed by atoms with van der Waals surface area (Å²) in [7, 11) is 0. The van der Waals surface area contributed by atoms with Crippen molar-refractivity contribution in [3.63, 3.8) is 0 Å². The van der Waals surface area contributed by atoms with E-state index >= 15 is 0 Å². The molecule has 4 heterocycles. The summed E-state index contributed by atoms with van der Waals surface area (Å²) in [4.78, 5) is 29.2. The van der Waals surface area contributed by atoms with Crippen molar-refractivity contribution in [3.05, 3.63) is 197 Å². The van der Waals surface area contributed by atoms with Gasteiger partial charge in [0.1, 0.15) is 61.6 Å². The largest absolute Gasteiger partial charge is 0.491 e. The van der Waals surface area contributed by atoms with Crippen molar-refractivity contribution in [2.45, 2.75) is 83.2 Å². The van der Waals surface area contributed by atoms with Gasteiger partial charge in [0.25, 0.3) is 0 Å². The van der Waals surface area contributed by atoms with Crippen molar-refractivity contribution >= 4 is 23.6 Å². The summed E-state index contributed by atoms with van der Waals surface area (Å²) in [6, 6.07) is 48.5. The second-order valence-electron chi connectivity index (χ2n) is 20.0. The molecule has 10 rings (SSSR count). The minimum Gasteiger partial charge on any atom is -0.491 e. The SMILES string of the molecule is CC(C)(c1ccc(OCC2CO2)cc1)c1ccc(OCC2CN(c3ccc(Cc4ccc(N5CC(COc6ccc(C(C)(C)c7ccc(OCC8CO8)cc7)cc6)OC5=O)cc4)cc3)C(=O)O2)cc1.CC=C=CC. The van der Waals surface area contributed by atoms with Gasteiger partial charge in [0.15, 0.2) is 12.2 Å². The molecule has 4 aliphatic heterocycles. The Bertz CT molecular complexity index is 2670. The molecule has 74 heavy (non-hydrogen) atoms. The highest BCUT2D eigenvalue weighted by atomic mass is 16.6. The lowest BCUT2D eigenvalue weighted by atomic mass is 9.78. The molecule has 12 heteroatoms. The van der Waals surface area contributed by atoms with Crippen LogP contribution in [0.15, 0.2) is 163 Å². The van der Waals surface area contributed by atoms with Gasteiger partial charge in [-0.25, -0.2) is 9.59 Å². The molecule has 0 bridgehead atoms. The van der Waals surface area contributed by atoms with Crippen LogP contribution >= 0.6 is 0 Å². The highest BCUT2D eigenvalue weighted by Gasteiger charge is 2.35. The monoisotopic (exact) mass is 998 g/mol. The molecule has 4 saturated heterocycles. The topological polar surface area (TPSA) is 121 Å². The second kappa shape index (κ2) is 23.1. The fraction of sp³-hybridized carbons (Fsp3) is 0.339. The first-order valence-corrected chi connectivity index (χ1v) is 25.5. The Morgan fingerprint density at radius 1 is 0.459 bits per heavy atom. The van der Waals surface area contributed by atoms with Crippen molar-refractivity contribution in [2.75, 3.05) is 62.5 Å². The summed E-state index contributed by atoms with van der Waals surface area (Å²) in [5, 5.41) is 0. The minimum atomic E-state index is -0.408. The van der Waals surface area contributed by atoms with Gasteiger partial charge in [-0.2, -0.15) is 0 Å². The number of cyclic esters (lactones) is 2. The third-order valence-electron chi connectivity index (χ3n) is 13.8. The van der Waals surface area contributed by atoms with Gasteiger partial charge in [-0.05, 0) is 139 Å². The van der Waals surface area contributed by atoms with E-state index in [9.17, 15) is 9.59 Å². The van der Waals surface area contributed by atoms with E-state index in [2.05, 4.69) is 82.0 Å². The Labute approximate surface area is 435 Å². The zero-order valence-corrected chi connectivity index (χ0v) is 43.2. The Morgan fingerprint density at radius 2 is 0.743 bits per heavy atom. The van der Waals surface area contributed by atoms with Crippen LogP contribution in [-0.2, 0) is 36.2 Å². The first kappa shape index (κ1) is 51.4. The standard InChI is InChI=1S/C57H58N2O10.C5H8/c1-56(2,42-13-25-48(26-14-42)64-34-52-36-66-52)40-9-21-46(22-10-40)62-32-50-30-58(54(60)68-50)44-17-5-38(6-18-44)29-39-7-19-45(20-8-39)59-31-51(69-55(59)61)33-63-47-23-11-41(12-24-47)57(3,4)43-15-27-49(28-16-43)65-35-53-37-67-53;1-3-5-4-2/h5-28,50-53H,29-37H2,1-4H3;3-4H,1-2H3. The molecule has 0 N–H and O–H groups in total.